The number of nitrogens with one attached hydrogen (secondary N) is 2. The zero-order chi connectivity index (χ0) is 21.9. The molecule has 1 fully saturated rings. The summed E-state index contributed by atoms with van der Waals surface area (Å²) in [7, 11) is 0. The van der Waals surface area contributed by atoms with Crippen LogP contribution in [0.2, 0.25) is 0 Å². The smallest absolute Gasteiger partial charge is 0.219 e. The van der Waals surface area contributed by atoms with Crippen LogP contribution < -0.4 is 15.4 Å². The summed E-state index contributed by atoms with van der Waals surface area (Å²) in [4.78, 5) is 4.82. The van der Waals surface area contributed by atoms with E-state index in [2.05, 4.69) is 46.8 Å². The van der Waals surface area contributed by atoms with E-state index in [1.54, 1.807) is 6.20 Å². The second-order valence-corrected chi connectivity index (χ2v) is 8.49. The lowest BCUT2D eigenvalue weighted by atomic mass is 10.1. The van der Waals surface area contributed by atoms with E-state index in [9.17, 15) is 0 Å². The van der Waals surface area contributed by atoms with E-state index in [1.807, 2.05) is 45.9 Å². The zero-order valence-corrected chi connectivity index (χ0v) is 18.5. The topological polar surface area (TPSA) is 81.3 Å². The first kappa shape index (κ1) is 20.5. The highest BCUT2D eigenvalue weighted by molar-refractivity contribution is 5.57. The number of para-hydroxylation sites is 1. The van der Waals surface area contributed by atoms with Gasteiger partial charge in [0.05, 0.1) is 11.9 Å². The van der Waals surface area contributed by atoms with Gasteiger partial charge < -0.3 is 15.4 Å². The van der Waals surface area contributed by atoms with Crippen molar-refractivity contribution in [1.29, 1.82) is 0 Å². The van der Waals surface area contributed by atoms with Crippen molar-refractivity contribution in [3.8, 4) is 11.6 Å². The van der Waals surface area contributed by atoms with Crippen LogP contribution in [0.25, 0.3) is 11.3 Å². The molecule has 1 aromatic carbocycles. The maximum absolute atomic E-state index is 6.27. The Morgan fingerprint density at radius 2 is 2.12 bits per heavy atom. The quantitative estimate of drug-likeness (QED) is 0.464. The number of rotatable bonds is 7. The van der Waals surface area contributed by atoms with E-state index in [0.29, 0.717) is 18.3 Å². The van der Waals surface area contributed by atoms with Crippen molar-refractivity contribution in [2.75, 3.05) is 18.4 Å². The monoisotopic (exact) mass is 431 g/mol. The largest absolute Gasteiger partial charge is 0.473 e. The number of piperidine rings is 1. The third-order valence-corrected chi connectivity index (χ3v) is 5.84. The molecule has 5 rings (SSSR count). The van der Waals surface area contributed by atoms with Crippen molar-refractivity contribution in [2.24, 2.45) is 0 Å². The molecule has 2 N–H and O–H groups in total. The highest BCUT2D eigenvalue weighted by Crippen LogP contribution is 2.26. The molecule has 8 nitrogen and oxygen atoms in total. The van der Waals surface area contributed by atoms with Gasteiger partial charge in [0.2, 0.25) is 5.88 Å². The summed E-state index contributed by atoms with van der Waals surface area (Å²) in [6, 6.07) is 12.1. The van der Waals surface area contributed by atoms with E-state index >= 15 is 0 Å². The van der Waals surface area contributed by atoms with Crippen LogP contribution in [-0.2, 0) is 6.54 Å². The normalized spacial score (nSPS) is 16.5. The summed E-state index contributed by atoms with van der Waals surface area (Å²) in [6.45, 7) is 6.84. The van der Waals surface area contributed by atoms with E-state index in [4.69, 9.17) is 9.72 Å². The van der Waals surface area contributed by atoms with Crippen LogP contribution in [0.1, 0.15) is 43.7 Å². The summed E-state index contributed by atoms with van der Waals surface area (Å²) < 4.78 is 10.0. The number of hydrogen-bond acceptors (Lipinski definition) is 6. The van der Waals surface area contributed by atoms with E-state index in [0.717, 1.165) is 54.2 Å². The van der Waals surface area contributed by atoms with Gasteiger partial charge in [-0.2, -0.15) is 19.7 Å². The van der Waals surface area contributed by atoms with Gasteiger partial charge in [0, 0.05) is 37.1 Å². The van der Waals surface area contributed by atoms with Gasteiger partial charge in [-0.25, -0.2) is 4.68 Å². The molecule has 0 bridgehead atoms. The Hall–Kier alpha value is -3.39. The van der Waals surface area contributed by atoms with Gasteiger partial charge >= 0.3 is 0 Å². The summed E-state index contributed by atoms with van der Waals surface area (Å²) in [5, 5.41) is 16.0. The SMILES string of the molecule is CC(C)c1cnn2c(NCc3ccccc3-n3cccn3)cc(O[C@H]3CCCNC3)nc12. The molecule has 0 radical (unpaired) electrons. The van der Waals surface area contributed by atoms with Crippen molar-refractivity contribution in [3.05, 3.63) is 66.1 Å². The maximum Gasteiger partial charge on any atom is 0.219 e. The van der Waals surface area contributed by atoms with Crippen LogP contribution in [0.3, 0.4) is 0 Å². The van der Waals surface area contributed by atoms with Gasteiger partial charge in [0.1, 0.15) is 11.9 Å². The summed E-state index contributed by atoms with van der Waals surface area (Å²) in [6.07, 6.45) is 7.94. The Labute approximate surface area is 187 Å². The standard InChI is InChI=1S/C24H29N7O/c1-17(2)20-16-28-31-22(13-23(29-24(20)31)32-19-8-5-10-25-15-19)26-14-18-7-3-4-9-21(18)30-12-6-11-27-30/h3-4,6-7,9,11-13,16-17,19,25-26H,5,8,10,14-15H2,1-2H3/t19-/m0/s1. The minimum absolute atomic E-state index is 0.137. The molecule has 32 heavy (non-hydrogen) atoms. The molecule has 3 aromatic heterocycles. The summed E-state index contributed by atoms with van der Waals surface area (Å²) in [5.74, 6) is 1.81. The molecule has 1 saturated heterocycles. The van der Waals surface area contributed by atoms with Crippen LogP contribution in [0, 0.1) is 0 Å². The average molecular weight is 432 g/mol. The first-order chi connectivity index (χ1) is 15.7. The van der Waals surface area contributed by atoms with Gasteiger partial charge in [-0.15, -0.1) is 0 Å². The molecule has 0 aliphatic carbocycles. The summed E-state index contributed by atoms with van der Waals surface area (Å²) >= 11 is 0. The van der Waals surface area contributed by atoms with Gasteiger partial charge in [-0.1, -0.05) is 32.0 Å². The molecule has 0 spiro atoms. The number of anilines is 1. The summed E-state index contributed by atoms with van der Waals surface area (Å²) in [5.41, 5.74) is 4.13. The minimum atomic E-state index is 0.137. The average Bonchev–Trinajstić information content (AvgIpc) is 3.49. The molecule has 4 aromatic rings. The highest BCUT2D eigenvalue weighted by atomic mass is 16.5. The van der Waals surface area contributed by atoms with Crippen molar-refractivity contribution >= 4 is 11.5 Å². The van der Waals surface area contributed by atoms with Crippen LogP contribution in [0.5, 0.6) is 5.88 Å². The fourth-order valence-corrected chi connectivity index (χ4v) is 4.12. The lowest BCUT2D eigenvalue weighted by Gasteiger charge is -2.23. The first-order valence-corrected chi connectivity index (χ1v) is 11.3. The second kappa shape index (κ2) is 9.00. The molecule has 4 heterocycles. The fraction of sp³-hybridized carbons (Fsp3) is 0.375. The molecule has 166 valence electrons. The van der Waals surface area contributed by atoms with Crippen molar-refractivity contribution < 1.29 is 4.74 Å². The second-order valence-electron chi connectivity index (χ2n) is 8.49. The van der Waals surface area contributed by atoms with Crippen molar-refractivity contribution in [1.82, 2.24) is 29.7 Å². The molecule has 1 atom stereocenters. The Balaban J connectivity index is 1.46. The highest BCUT2D eigenvalue weighted by Gasteiger charge is 2.19. The fourth-order valence-electron chi connectivity index (χ4n) is 4.12. The van der Waals surface area contributed by atoms with Gasteiger partial charge in [-0.05, 0) is 43.0 Å². The number of fused-ring (bicyclic) bond motifs is 1. The van der Waals surface area contributed by atoms with Crippen molar-refractivity contribution in [3.63, 3.8) is 0 Å². The van der Waals surface area contributed by atoms with E-state index in [1.165, 1.54) is 0 Å². The Bertz CT molecular complexity index is 1180. The molecule has 8 heteroatoms. The Kier molecular flexibility index (Phi) is 5.77. The van der Waals surface area contributed by atoms with Gasteiger partial charge in [0.15, 0.2) is 5.65 Å². The lowest BCUT2D eigenvalue weighted by molar-refractivity contribution is 0.161. The third-order valence-electron chi connectivity index (χ3n) is 5.84. The molecule has 0 unspecified atom stereocenters. The third kappa shape index (κ3) is 4.18. The zero-order valence-electron chi connectivity index (χ0n) is 18.5. The molecular weight excluding hydrogens is 402 g/mol. The van der Waals surface area contributed by atoms with Crippen LogP contribution >= 0.6 is 0 Å². The molecule has 0 saturated carbocycles. The van der Waals surface area contributed by atoms with Crippen LogP contribution in [-0.4, -0.2) is 43.6 Å². The lowest BCUT2D eigenvalue weighted by Crippen LogP contribution is -2.37. The molecular formula is C24H29N7O. The van der Waals surface area contributed by atoms with Crippen molar-refractivity contribution in [2.45, 2.75) is 45.3 Å². The number of aromatic nitrogens is 5. The minimum Gasteiger partial charge on any atom is -0.473 e. The van der Waals surface area contributed by atoms with E-state index < -0.39 is 0 Å². The van der Waals surface area contributed by atoms with Gasteiger partial charge in [0.25, 0.3) is 0 Å². The van der Waals surface area contributed by atoms with E-state index in [-0.39, 0.29) is 6.10 Å². The predicted molar refractivity (Wildman–Crippen MR) is 124 cm³/mol. The number of hydrogen-bond donors (Lipinski definition) is 2. The maximum atomic E-state index is 6.27. The first-order valence-electron chi connectivity index (χ1n) is 11.3. The van der Waals surface area contributed by atoms with Gasteiger partial charge in [-0.3, -0.25) is 0 Å². The number of ether oxygens (including phenoxy) is 1. The van der Waals surface area contributed by atoms with Crippen LogP contribution in [0.15, 0.2) is 55.0 Å². The predicted octanol–water partition coefficient (Wildman–Crippen LogP) is 3.78. The van der Waals surface area contributed by atoms with Crippen LogP contribution in [0.4, 0.5) is 5.82 Å². The molecule has 1 aliphatic heterocycles. The molecule has 1 aliphatic rings. The number of benzene rings is 1. The number of nitrogens with zero attached hydrogens (tertiary/aromatic N) is 5. The molecule has 0 amide bonds. The Morgan fingerprint density at radius 1 is 1.22 bits per heavy atom. The Morgan fingerprint density at radius 3 is 2.91 bits per heavy atom.